The molecular weight excluding hydrogens is 206 g/mol. The average Bonchev–Trinajstić information content (AvgIpc) is 2.78. The third kappa shape index (κ3) is 2.37. The van der Waals surface area contributed by atoms with Gasteiger partial charge in [0, 0.05) is 12.2 Å². The number of hydrogen-bond acceptors (Lipinski definition) is 3. The molecule has 3 nitrogen and oxygen atoms in total. The Balaban J connectivity index is 2.15. The lowest BCUT2D eigenvalue weighted by atomic mass is 10.1. The predicted octanol–water partition coefficient (Wildman–Crippen LogP) is 2.23. The molecule has 4 heteroatoms. The molecule has 1 aromatic heterocycles. The maximum atomic E-state index is 4.48. The second-order valence-corrected chi connectivity index (χ2v) is 5.28. The Labute approximate surface area is 95.6 Å². The van der Waals surface area contributed by atoms with Gasteiger partial charge in [0.15, 0.2) is 0 Å². The van der Waals surface area contributed by atoms with Crippen molar-refractivity contribution in [3.8, 4) is 0 Å². The summed E-state index contributed by atoms with van der Waals surface area (Å²) in [6.45, 7) is 2.19. The number of nitrogens with one attached hydrogen (secondary N) is 1. The van der Waals surface area contributed by atoms with Crippen LogP contribution in [0.5, 0.6) is 0 Å². The summed E-state index contributed by atoms with van der Waals surface area (Å²) in [4.78, 5) is 0. The van der Waals surface area contributed by atoms with E-state index in [1.54, 1.807) is 0 Å². The van der Waals surface area contributed by atoms with Gasteiger partial charge < -0.3 is 5.32 Å². The van der Waals surface area contributed by atoms with E-state index >= 15 is 0 Å². The molecule has 1 N–H and O–H groups in total. The summed E-state index contributed by atoms with van der Waals surface area (Å²) < 4.78 is 2.22. The molecule has 15 heavy (non-hydrogen) atoms. The van der Waals surface area contributed by atoms with Crippen molar-refractivity contribution in [3.05, 3.63) is 18.0 Å². The van der Waals surface area contributed by atoms with Crippen molar-refractivity contribution >= 4 is 11.8 Å². The molecule has 0 aromatic carbocycles. The Morgan fingerprint density at radius 2 is 2.27 bits per heavy atom. The highest BCUT2D eigenvalue weighted by atomic mass is 32.2. The Morgan fingerprint density at radius 3 is 2.93 bits per heavy atom. The first-order chi connectivity index (χ1) is 7.33. The van der Waals surface area contributed by atoms with E-state index in [0.717, 1.165) is 0 Å². The summed E-state index contributed by atoms with van der Waals surface area (Å²) in [5.74, 6) is 2.55. The molecule has 0 amide bonds. The standard InChI is InChI=1S/C11H19N3S/c1-9(12-2)11-3-6-13-14(11)10-4-7-15-8-5-10/h3,6,9-10,12H,4-5,7-8H2,1-2H3. The van der Waals surface area contributed by atoms with Crippen LogP contribution >= 0.6 is 11.8 Å². The smallest absolute Gasteiger partial charge is 0.0553 e. The third-order valence-electron chi connectivity index (χ3n) is 3.11. The van der Waals surface area contributed by atoms with Crippen LogP contribution in [-0.4, -0.2) is 28.3 Å². The number of hydrogen-bond donors (Lipinski definition) is 1. The summed E-state index contributed by atoms with van der Waals surface area (Å²) in [7, 11) is 2.00. The molecule has 84 valence electrons. The van der Waals surface area contributed by atoms with E-state index in [9.17, 15) is 0 Å². The monoisotopic (exact) mass is 225 g/mol. The zero-order chi connectivity index (χ0) is 10.7. The molecule has 0 spiro atoms. The number of aromatic nitrogens is 2. The fraction of sp³-hybridized carbons (Fsp3) is 0.727. The highest BCUT2D eigenvalue weighted by molar-refractivity contribution is 7.99. The summed E-state index contributed by atoms with van der Waals surface area (Å²) >= 11 is 2.06. The minimum Gasteiger partial charge on any atom is -0.312 e. The lowest BCUT2D eigenvalue weighted by molar-refractivity contribution is 0.397. The molecule has 1 atom stereocenters. The third-order valence-corrected chi connectivity index (χ3v) is 4.16. The zero-order valence-corrected chi connectivity index (χ0v) is 10.3. The van der Waals surface area contributed by atoms with Gasteiger partial charge >= 0.3 is 0 Å². The first-order valence-electron chi connectivity index (χ1n) is 5.61. The average molecular weight is 225 g/mol. The Hall–Kier alpha value is -0.480. The second-order valence-electron chi connectivity index (χ2n) is 4.05. The zero-order valence-electron chi connectivity index (χ0n) is 9.44. The molecule has 1 aromatic rings. The SMILES string of the molecule is CNC(C)c1ccnn1C1CCSCC1. The Bertz CT molecular complexity index is 305. The second kappa shape index (κ2) is 5.03. The van der Waals surface area contributed by atoms with Crippen LogP contribution in [0.25, 0.3) is 0 Å². The minimum atomic E-state index is 0.391. The van der Waals surface area contributed by atoms with E-state index in [-0.39, 0.29) is 0 Å². The van der Waals surface area contributed by atoms with Gasteiger partial charge in [-0.1, -0.05) is 0 Å². The van der Waals surface area contributed by atoms with Gasteiger partial charge in [0.05, 0.1) is 11.7 Å². The normalized spacial score (nSPS) is 20.4. The summed E-state index contributed by atoms with van der Waals surface area (Å²) in [6.07, 6.45) is 4.44. The summed E-state index contributed by atoms with van der Waals surface area (Å²) in [6, 6.07) is 3.14. The molecule has 0 radical (unpaired) electrons. The van der Waals surface area contributed by atoms with Crippen molar-refractivity contribution in [1.82, 2.24) is 15.1 Å². The lowest BCUT2D eigenvalue weighted by Crippen LogP contribution is -2.23. The van der Waals surface area contributed by atoms with E-state index in [2.05, 4.69) is 39.8 Å². The number of nitrogens with zero attached hydrogens (tertiary/aromatic N) is 2. The Morgan fingerprint density at radius 1 is 1.53 bits per heavy atom. The molecule has 1 fully saturated rings. The highest BCUT2D eigenvalue weighted by Crippen LogP contribution is 2.28. The number of rotatable bonds is 3. The van der Waals surface area contributed by atoms with Gasteiger partial charge in [-0.25, -0.2) is 0 Å². The van der Waals surface area contributed by atoms with Crippen LogP contribution in [0.15, 0.2) is 12.3 Å². The van der Waals surface area contributed by atoms with E-state index in [0.29, 0.717) is 12.1 Å². The first-order valence-corrected chi connectivity index (χ1v) is 6.77. The van der Waals surface area contributed by atoms with Crippen molar-refractivity contribution in [2.24, 2.45) is 0 Å². The van der Waals surface area contributed by atoms with Crippen molar-refractivity contribution in [1.29, 1.82) is 0 Å². The summed E-state index contributed by atoms with van der Waals surface area (Å²) in [5, 5.41) is 7.76. The van der Waals surface area contributed by atoms with Gasteiger partial charge in [-0.05, 0) is 44.4 Å². The summed E-state index contributed by atoms with van der Waals surface area (Å²) in [5.41, 5.74) is 1.31. The van der Waals surface area contributed by atoms with Crippen molar-refractivity contribution in [2.45, 2.75) is 31.8 Å². The molecule has 0 aliphatic carbocycles. The van der Waals surface area contributed by atoms with Crippen LogP contribution in [0.1, 0.15) is 37.5 Å². The topological polar surface area (TPSA) is 29.9 Å². The van der Waals surface area contributed by atoms with Gasteiger partial charge in [0.2, 0.25) is 0 Å². The molecular formula is C11H19N3S. The van der Waals surface area contributed by atoms with Gasteiger partial charge in [0.25, 0.3) is 0 Å². The van der Waals surface area contributed by atoms with Crippen molar-refractivity contribution in [3.63, 3.8) is 0 Å². The highest BCUT2D eigenvalue weighted by Gasteiger charge is 2.20. The molecule has 2 heterocycles. The van der Waals surface area contributed by atoms with Crippen LogP contribution in [0.2, 0.25) is 0 Å². The van der Waals surface area contributed by atoms with Gasteiger partial charge in [0.1, 0.15) is 0 Å². The largest absolute Gasteiger partial charge is 0.312 e. The minimum absolute atomic E-state index is 0.391. The van der Waals surface area contributed by atoms with Crippen LogP contribution in [0.3, 0.4) is 0 Å². The number of thioether (sulfide) groups is 1. The van der Waals surface area contributed by atoms with Gasteiger partial charge in [-0.3, -0.25) is 4.68 Å². The first kappa shape index (κ1) is 11.0. The molecule has 1 unspecified atom stereocenters. The molecule has 1 aliphatic rings. The van der Waals surface area contributed by atoms with Crippen LogP contribution in [-0.2, 0) is 0 Å². The van der Waals surface area contributed by atoms with E-state index in [1.165, 1.54) is 30.0 Å². The molecule has 0 saturated carbocycles. The molecule has 1 aliphatic heterocycles. The van der Waals surface area contributed by atoms with Crippen LogP contribution in [0.4, 0.5) is 0 Å². The maximum Gasteiger partial charge on any atom is 0.0553 e. The van der Waals surface area contributed by atoms with Crippen molar-refractivity contribution in [2.75, 3.05) is 18.6 Å². The maximum absolute atomic E-state index is 4.48. The van der Waals surface area contributed by atoms with E-state index in [4.69, 9.17) is 0 Å². The fourth-order valence-electron chi connectivity index (χ4n) is 2.05. The Kier molecular flexibility index (Phi) is 3.70. The predicted molar refractivity (Wildman–Crippen MR) is 65.3 cm³/mol. The van der Waals surface area contributed by atoms with Crippen molar-refractivity contribution < 1.29 is 0 Å². The van der Waals surface area contributed by atoms with E-state index < -0.39 is 0 Å². The van der Waals surface area contributed by atoms with Crippen LogP contribution in [0, 0.1) is 0 Å². The quantitative estimate of drug-likeness (QED) is 0.855. The molecule has 0 bridgehead atoms. The fourth-order valence-corrected chi connectivity index (χ4v) is 3.13. The van der Waals surface area contributed by atoms with Gasteiger partial charge in [-0.15, -0.1) is 0 Å². The molecule has 2 rings (SSSR count). The van der Waals surface area contributed by atoms with Crippen LogP contribution < -0.4 is 5.32 Å². The lowest BCUT2D eigenvalue weighted by Gasteiger charge is -2.25. The van der Waals surface area contributed by atoms with E-state index in [1.807, 2.05) is 13.2 Å². The molecule has 1 saturated heterocycles. The van der Waals surface area contributed by atoms with Gasteiger partial charge in [-0.2, -0.15) is 16.9 Å².